The smallest absolute Gasteiger partial charge is 0.251 e. The Balaban J connectivity index is 1.25. The Morgan fingerprint density at radius 1 is 1.21 bits per heavy atom. The van der Waals surface area contributed by atoms with E-state index in [1.165, 1.54) is 4.90 Å². The predicted octanol–water partition coefficient (Wildman–Crippen LogP) is 2.01. The summed E-state index contributed by atoms with van der Waals surface area (Å²) in [6.45, 7) is 7.72. The van der Waals surface area contributed by atoms with E-state index in [0.717, 1.165) is 42.6 Å². The van der Waals surface area contributed by atoms with Gasteiger partial charge in [0.2, 0.25) is 5.91 Å². The minimum atomic E-state index is -1.36. The second-order valence-corrected chi connectivity index (χ2v) is 11.7. The van der Waals surface area contributed by atoms with E-state index in [1.807, 2.05) is 31.4 Å². The highest BCUT2D eigenvalue weighted by Gasteiger charge is 2.53. The monoisotopic (exact) mass is 545 g/mol. The molecule has 1 aromatic heterocycles. The number of nitrogens with zero attached hydrogens (tertiary/aromatic N) is 4. The van der Waals surface area contributed by atoms with Crippen molar-refractivity contribution in [2.45, 2.75) is 50.7 Å². The van der Waals surface area contributed by atoms with Crippen LogP contribution in [0.1, 0.15) is 30.6 Å². The molecule has 5 rings (SSSR count). The molecule has 11 heteroatoms. The molecule has 2 N–H and O–H groups in total. The Labute approximate surface area is 226 Å². The van der Waals surface area contributed by atoms with E-state index in [1.54, 1.807) is 23.5 Å². The zero-order valence-corrected chi connectivity index (χ0v) is 22.9. The Kier molecular flexibility index (Phi) is 7.99. The number of likely N-dealkylation sites (N-methyl/N-ethyl adjacent to an activating group) is 1. The average Bonchev–Trinajstić information content (AvgIpc) is 3.62. The molecule has 9 nitrogen and oxygen atoms in total. The first-order chi connectivity index (χ1) is 18.2. The van der Waals surface area contributed by atoms with Crippen molar-refractivity contribution in [3.8, 4) is 11.3 Å². The summed E-state index contributed by atoms with van der Waals surface area (Å²) in [4.78, 5) is 37.3. The number of hydrogen-bond acceptors (Lipinski definition) is 8. The predicted molar refractivity (Wildman–Crippen MR) is 144 cm³/mol. The van der Waals surface area contributed by atoms with Crippen LogP contribution in [0.15, 0.2) is 29.6 Å². The van der Waals surface area contributed by atoms with Crippen molar-refractivity contribution in [3.63, 3.8) is 0 Å². The van der Waals surface area contributed by atoms with Crippen molar-refractivity contribution in [2.24, 2.45) is 5.92 Å². The first kappa shape index (κ1) is 27.0. The summed E-state index contributed by atoms with van der Waals surface area (Å²) in [6, 6.07) is 5.63. The molecular formula is C27H36FN5O4S. The van der Waals surface area contributed by atoms with E-state index in [-0.39, 0.29) is 30.9 Å². The largest absolute Gasteiger partial charge is 0.388 e. The third kappa shape index (κ3) is 5.56. The van der Waals surface area contributed by atoms with Gasteiger partial charge in [0.1, 0.15) is 24.4 Å². The van der Waals surface area contributed by atoms with Gasteiger partial charge in [0.05, 0.1) is 24.9 Å². The lowest BCUT2D eigenvalue weighted by Crippen LogP contribution is -2.53. The number of anilines is 1. The van der Waals surface area contributed by atoms with Gasteiger partial charge in [0.25, 0.3) is 5.91 Å². The number of fused-ring (bicyclic) bond motifs is 1. The van der Waals surface area contributed by atoms with Crippen LogP contribution in [0, 0.1) is 5.92 Å². The number of likely N-dealkylation sites (tertiary alicyclic amines) is 1. The van der Waals surface area contributed by atoms with Crippen molar-refractivity contribution >= 4 is 28.3 Å². The molecule has 0 saturated carbocycles. The normalized spacial score (nSPS) is 26.6. The zero-order valence-electron chi connectivity index (χ0n) is 22.0. The summed E-state index contributed by atoms with van der Waals surface area (Å²) < 4.78 is 19.9. The number of halogens is 1. The van der Waals surface area contributed by atoms with Gasteiger partial charge in [-0.15, -0.1) is 11.3 Å². The number of nitrogens with one attached hydrogen (secondary N) is 1. The second kappa shape index (κ2) is 11.3. The molecule has 3 saturated heterocycles. The van der Waals surface area contributed by atoms with Crippen LogP contribution in [0.25, 0.3) is 11.3 Å². The van der Waals surface area contributed by atoms with Crippen LogP contribution >= 0.6 is 11.3 Å². The fourth-order valence-electron chi connectivity index (χ4n) is 5.45. The SMILES string of the molecule is CC(C)C[C@H](NC(=O)c1ccc(-c2csc(N3CCN(C)CC3)n2)cc1)C(=O)N1C[C@H](F)[C@H]2OCC(O)[C@H]21. The van der Waals surface area contributed by atoms with E-state index in [2.05, 4.69) is 22.2 Å². The van der Waals surface area contributed by atoms with E-state index in [4.69, 9.17) is 9.72 Å². The number of rotatable bonds is 7. The number of benzene rings is 1. The molecule has 5 atom stereocenters. The highest BCUT2D eigenvalue weighted by Crippen LogP contribution is 2.33. The molecule has 206 valence electrons. The average molecular weight is 546 g/mol. The van der Waals surface area contributed by atoms with Crippen LogP contribution in [-0.4, -0.2) is 109 Å². The second-order valence-electron chi connectivity index (χ2n) is 10.9. The van der Waals surface area contributed by atoms with Gasteiger partial charge in [-0.25, -0.2) is 9.37 Å². The lowest BCUT2D eigenvalue weighted by atomic mass is 10.0. The Bertz CT molecular complexity index is 1140. The molecule has 1 aromatic carbocycles. The quantitative estimate of drug-likeness (QED) is 0.549. The highest BCUT2D eigenvalue weighted by molar-refractivity contribution is 7.14. The molecule has 3 aliphatic heterocycles. The summed E-state index contributed by atoms with van der Waals surface area (Å²) in [5.74, 6) is -0.639. The van der Waals surface area contributed by atoms with Crippen molar-refractivity contribution in [1.29, 1.82) is 0 Å². The van der Waals surface area contributed by atoms with Gasteiger partial charge in [-0.3, -0.25) is 9.59 Å². The van der Waals surface area contributed by atoms with E-state index in [0.29, 0.717) is 12.0 Å². The maximum Gasteiger partial charge on any atom is 0.251 e. The van der Waals surface area contributed by atoms with E-state index >= 15 is 0 Å². The molecule has 3 fully saturated rings. The van der Waals surface area contributed by atoms with Crippen LogP contribution in [0.3, 0.4) is 0 Å². The first-order valence-corrected chi connectivity index (χ1v) is 14.1. The van der Waals surface area contributed by atoms with Crippen molar-refractivity contribution in [3.05, 3.63) is 35.2 Å². The van der Waals surface area contributed by atoms with Crippen LogP contribution in [0.5, 0.6) is 0 Å². The molecule has 0 bridgehead atoms. The summed E-state index contributed by atoms with van der Waals surface area (Å²) in [7, 11) is 2.12. The third-order valence-corrected chi connectivity index (χ3v) is 8.48. The minimum absolute atomic E-state index is 0.00292. The topological polar surface area (TPSA) is 98.2 Å². The van der Waals surface area contributed by atoms with Gasteiger partial charge in [-0.2, -0.15) is 0 Å². The van der Waals surface area contributed by atoms with Gasteiger partial charge in [0.15, 0.2) is 5.13 Å². The van der Waals surface area contributed by atoms with Gasteiger partial charge >= 0.3 is 0 Å². The Hall–Kier alpha value is -2.60. The van der Waals surface area contributed by atoms with Crippen molar-refractivity contribution in [1.82, 2.24) is 20.1 Å². The standard InChI is InChI=1S/C27H36FN5O4S/c1-16(2)12-20(26(36)33-13-19(28)24-23(33)22(34)14-37-24)29-25(35)18-6-4-17(5-7-18)21-15-38-27(30-21)32-10-8-31(3)9-11-32/h4-7,15-16,19-20,22-24,34H,8-14H2,1-3H3,(H,29,35)/t19-,20-,22?,23+,24+/m0/s1. The molecule has 38 heavy (non-hydrogen) atoms. The number of amides is 2. The molecule has 1 unspecified atom stereocenters. The molecule has 2 aromatic rings. The molecule has 4 heterocycles. The third-order valence-electron chi connectivity index (χ3n) is 7.58. The van der Waals surface area contributed by atoms with Crippen molar-refractivity contribution < 1.29 is 23.8 Å². The number of aliphatic hydroxyl groups excluding tert-OH is 1. The number of aliphatic hydroxyl groups is 1. The molecular weight excluding hydrogens is 509 g/mol. The minimum Gasteiger partial charge on any atom is -0.388 e. The van der Waals surface area contributed by atoms with Crippen LogP contribution in [0.4, 0.5) is 9.52 Å². The number of aromatic nitrogens is 1. The Morgan fingerprint density at radius 2 is 1.92 bits per heavy atom. The summed E-state index contributed by atoms with van der Waals surface area (Å²) in [5.41, 5.74) is 2.21. The Morgan fingerprint density at radius 3 is 2.61 bits per heavy atom. The fourth-order valence-corrected chi connectivity index (χ4v) is 6.34. The number of carbonyl (C=O) groups excluding carboxylic acids is 2. The number of carbonyl (C=O) groups is 2. The van der Waals surface area contributed by atoms with Crippen molar-refractivity contribution in [2.75, 3.05) is 51.3 Å². The maximum absolute atomic E-state index is 14.5. The number of ether oxygens (including phenoxy) is 1. The highest BCUT2D eigenvalue weighted by atomic mass is 32.1. The lowest BCUT2D eigenvalue weighted by molar-refractivity contribution is -0.136. The number of hydrogen-bond donors (Lipinski definition) is 2. The van der Waals surface area contributed by atoms with E-state index < -0.39 is 30.5 Å². The van der Waals surface area contributed by atoms with Gasteiger partial charge < -0.3 is 29.9 Å². The summed E-state index contributed by atoms with van der Waals surface area (Å²) in [6.07, 6.45) is -2.71. The summed E-state index contributed by atoms with van der Waals surface area (Å²) >= 11 is 1.62. The van der Waals surface area contributed by atoms with Gasteiger partial charge in [-0.1, -0.05) is 26.0 Å². The van der Waals surface area contributed by atoms with Crippen LogP contribution in [0.2, 0.25) is 0 Å². The first-order valence-electron chi connectivity index (χ1n) is 13.3. The number of thiazole rings is 1. The molecule has 2 amide bonds. The summed E-state index contributed by atoms with van der Waals surface area (Å²) in [5, 5.41) is 16.2. The zero-order chi connectivity index (χ0) is 27.0. The van der Waals surface area contributed by atoms with Gasteiger partial charge in [0, 0.05) is 42.7 Å². The maximum atomic E-state index is 14.5. The number of piperazine rings is 1. The van der Waals surface area contributed by atoms with E-state index in [9.17, 15) is 19.1 Å². The number of alkyl halides is 1. The lowest BCUT2D eigenvalue weighted by Gasteiger charge is -2.32. The molecule has 0 spiro atoms. The van der Waals surface area contributed by atoms with Crippen LogP contribution in [-0.2, 0) is 9.53 Å². The van der Waals surface area contributed by atoms with Crippen LogP contribution < -0.4 is 10.2 Å². The molecule has 0 radical (unpaired) electrons. The fraction of sp³-hybridized carbons (Fsp3) is 0.593. The molecule has 3 aliphatic rings. The molecule has 0 aliphatic carbocycles. The van der Waals surface area contributed by atoms with Gasteiger partial charge in [-0.05, 0) is 31.5 Å².